The van der Waals surface area contributed by atoms with Crippen LogP contribution in [0.4, 0.5) is 5.69 Å². The second-order valence-electron chi connectivity index (χ2n) is 8.56. The predicted octanol–water partition coefficient (Wildman–Crippen LogP) is 3.14. The molecule has 1 atom stereocenters. The number of amides is 2. The van der Waals surface area contributed by atoms with Crippen molar-refractivity contribution >= 4 is 27.5 Å². The van der Waals surface area contributed by atoms with Crippen LogP contribution in [0.2, 0.25) is 0 Å². The van der Waals surface area contributed by atoms with Crippen LogP contribution >= 0.6 is 0 Å². The smallest absolute Gasteiger partial charge is 0.264 e. The molecule has 7 nitrogen and oxygen atoms in total. The molecule has 8 heteroatoms. The lowest BCUT2D eigenvalue weighted by atomic mass is 9.96. The van der Waals surface area contributed by atoms with Crippen LogP contribution in [-0.2, 0) is 14.8 Å². The Morgan fingerprint density at radius 1 is 1.09 bits per heavy atom. The molecule has 0 unspecified atom stereocenters. The van der Waals surface area contributed by atoms with Crippen LogP contribution in [0.5, 0.6) is 0 Å². The van der Waals surface area contributed by atoms with E-state index in [0.717, 1.165) is 12.8 Å². The van der Waals surface area contributed by atoms with Gasteiger partial charge in [0.2, 0.25) is 5.91 Å². The molecule has 0 bridgehead atoms. The van der Waals surface area contributed by atoms with Crippen LogP contribution in [0.25, 0.3) is 0 Å². The fourth-order valence-electron chi connectivity index (χ4n) is 3.71. The maximum Gasteiger partial charge on any atom is 0.264 e. The first-order chi connectivity index (χ1) is 15.2. The predicted molar refractivity (Wildman–Crippen MR) is 125 cm³/mol. The van der Waals surface area contributed by atoms with E-state index in [4.69, 9.17) is 0 Å². The summed E-state index contributed by atoms with van der Waals surface area (Å²) in [6.45, 7) is 5.66. The summed E-state index contributed by atoms with van der Waals surface area (Å²) in [6.07, 6.45) is 1.52. The number of benzene rings is 2. The SMILES string of the molecule is CC(C)CNC(=O)[C@H]1CCCN(C(=O)c2ccc(S(=O)(=O)N(C)c3ccccc3)cc2)C1. The third kappa shape index (κ3) is 5.48. The lowest BCUT2D eigenvalue weighted by Crippen LogP contribution is -2.46. The fourth-order valence-corrected chi connectivity index (χ4v) is 4.91. The van der Waals surface area contributed by atoms with Crippen LogP contribution in [0.1, 0.15) is 37.0 Å². The molecule has 172 valence electrons. The Labute approximate surface area is 190 Å². The number of hydrogen-bond donors (Lipinski definition) is 1. The number of nitrogens with zero attached hydrogens (tertiary/aromatic N) is 2. The highest BCUT2D eigenvalue weighted by Gasteiger charge is 2.29. The van der Waals surface area contributed by atoms with E-state index < -0.39 is 10.0 Å². The molecular weight excluding hydrogens is 426 g/mol. The minimum atomic E-state index is -3.74. The van der Waals surface area contributed by atoms with Crippen molar-refractivity contribution in [2.45, 2.75) is 31.6 Å². The lowest BCUT2D eigenvalue weighted by molar-refractivity contribution is -0.126. The van der Waals surface area contributed by atoms with Gasteiger partial charge in [-0.3, -0.25) is 13.9 Å². The van der Waals surface area contributed by atoms with Gasteiger partial charge in [0.1, 0.15) is 0 Å². The van der Waals surface area contributed by atoms with Crippen molar-refractivity contribution in [3.8, 4) is 0 Å². The molecule has 2 amide bonds. The monoisotopic (exact) mass is 457 g/mol. The zero-order valence-electron chi connectivity index (χ0n) is 18.8. The quantitative estimate of drug-likeness (QED) is 0.692. The highest BCUT2D eigenvalue weighted by molar-refractivity contribution is 7.92. The molecule has 1 saturated heterocycles. The van der Waals surface area contributed by atoms with E-state index in [2.05, 4.69) is 5.32 Å². The van der Waals surface area contributed by atoms with Gasteiger partial charge in [0.25, 0.3) is 15.9 Å². The molecule has 1 heterocycles. The van der Waals surface area contributed by atoms with E-state index in [9.17, 15) is 18.0 Å². The lowest BCUT2D eigenvalue weighted by Gasteiger charge is -2.32. The average molecular weight is 458 g/mol. The van der Waals surface area contributed by atoms with Gasteiger partial charge in [-0.15, -0.1) is 0 Å². The molecule has 0 saturated carbocycles. The average Bonchev–Trinajstić information content (AvgIpc) is 2.82. The van der Waals surface area contributed by atoms with Gasteiger partial charge in [0.05, 0.1) is 16.5 Å². The summed E-state index contributed by atoms with van der Waals surface area (Å²) in [5.41, 5.74) is 0.970. The summed E-state index contributed by atoms with van der Waals surface area (Å²) in [6, 6.07) is 14.8. The topological polar surface area (TPSA) is 86.8 Å². The molecule has 0 aliphatic carbocycles. The van der Waals surface area contributed by atoms with Gasteiger partial charge < -0.3 is 10.2 Å². The van der Waals surface area contributed by atoms with Gasteiger partial charge in [-0.25, -0.2) is 8.42 Å². The fraction of sp³-hybridized carbons (Fsp3) is 0.417. The Hall–Kier alpha value is -2.87. The molecule has 1 N–H and O–H groups in total. The van der Waals surface area contributed by atoms with Gasteiger partial charge in [-0.2, -0.15) is 0 Å². The number of carbonyl (C=O) groups excluding carboxylic acids is 2. The van der Waals surface area contributed by atoms with Crippen molar-refractivity contribution in [1.29, 1.82) is 0 Å². The third-order valence-electron chi connectivity index (χ3n) is 5.64. The molecule has 2 aromatic rings. The normalized spacial score (nSPS) is 16.6. The zero-order chi connectivity index (χ0) is 23.3. The molecule has 1 fully saturated rings. The van der Waals surface area contributed by atoms with E-state index in [1.165, 1.54) is 35.6 Å². The summed E-state index contributed by atoms with van der Waals surface area (Å²) in [7, 11) is -2.24. The van der Waals surface area contributed by atoms with Gasteiger partial charge in [-0.1, -0.05) is 32.0 Å². The second kappa shape index (κ2) is 10.2. The van der Waals surface area contributed by atoms with E-state index in [1.807, 2.05) is 19.9 Å². The second-order valence-corrected chi connectivity index (χ2v) is 10.5. The number of carbonyl (C=O) groups is 2. The minimum Gasteiger partial charge on any atom is -0.356 e. The van der Waals surface area contributed by atoms with E-state index in [0.29, 0.717) is 36.8 Å². The highest BCUT2D eigenvalue weighted by atomic mass is 32.2. The number of rotatable bonds is 7. The zero-order valence-corrected chi connectivity index (χ0v) is 19.6. The van der Waals surface area contributed by atoms with Crippen molar-refractivity contribution in [2.75, 3.05) is 31.0 Å². The number of nitrogens with one attached hydrogen (secondary N) is 1. The standard InChI is InChI=1S/C24H31N3O4S/c1-18(2)16-25-23(28)20-8-7-15-27(17-20)24(29)19-11-13-22(14-12-19)32(30,31)26(3)21-9-5-4-6-10-21/h4-6,9-14,18,20H,7-8,15-17H2,1-3H3,(H,25,28)/t20-/m0/s1. The molecule has 0 aromatic heterocycles. The maximum atomic E-state index is 13.0. The maximum absolute atomic E-state index is 13.0. The molecular formula is C24H31N3O4S. The van der Waals surface area contributed by atoms with Crippen LogP contribution in [0.3, 0.4) is 0 Å². The van der Waals surface area contributed by atoms with Crippen molar-refractivity contribution in [1.82, 2.24) is 10.2 Å². The van der Waals surface area contributed by atoms with E-state index in [1.54, 1.807) is 29.2 Å². The van der Waals surface area contributed by atoms with Crippen LogP contribution in [0.15, 0.2) is 59.5 Å². The van der Waals surface area contributed by atoms with Gasteiger partial charge in [-0.05, 0) is 55.2 Å². The number of para-hydroxylation sites is 1. The van der Waals surface area contributed by atoms with Crippen LogP contribution < -0.4 is 9.62 Å². The summed E-state index contributed by atoms with van der Waals surface area (Å²) in [4.78, 5) is 27.2. The van der Waals surface area contributed by atoms with Crippen molar-refractivity contribution in [3.05, 3.63) is 60.2 Å². The summed E-state index contributed by atoms with van der Waals surface area (Å²) < 4.78 is 27.1. The van der Waals surface area contributed by atoms with Crippen molar-refractivity contribution in [2.24, 2.45) is 11.8 Å². The first-order valence-corrected chi connectivity index (χ1v) is 12.3. The van der Waals surface area contributed by atoms with Gasteiger partial charge in [0.15, 0.2) is 0 Å². The number of anilines is 1. The highest BCUT2D eigenvalue weighted by Crippen LogP contribution is 2.23. The first-order valence-electron chi connectivity index (χ1n) is 10.9. The summed E-state index contributed by atoms with van der Waals surface area (Å²) in [5, 5.41) is 2.95. The Kier molecular flexibility index (Phi) is 7.56. The van der Waals surface area contributed by atoms with E-state index >= 15 is 0 Å². The van der Waals surface area contributed by atoms with Gasteiger partial charge >= 0.3 is 0 Å². The number of likely N-dealkylation sites (tertiary alicyclic amines) is 1. The number of piperidine rings is 1. The molecule has 3 rings (SSSR count). The Balaban J connectivity index is 1.69. The number of hydrogen-bond acceptors (Lipinski definition) is 4. The Bertz CT molecular complexity index is 1040. The van der Waals surface area contributed by atoms with Crippen molar-refractivity contribution in [3.63, 3.8) is 0 Å². The summed E-state index contributed by atoms with van der Waals surface area (Å²) >= 11 is 0. The largest absolute Gasteiger partial charge is 0.356 e. The molecule has 1 aliphatic heterocycles. The van der Waals surface area contributed by atoms with E-state index in [-0.39, 0.29) is 22.6 Å². The molecule has 32 heavy (non-hydrogen) atoms. The molecule has 0 spiro atoms. The third-order valence-corrected chi connectivity index (χ3v) is 7.44. The molecule has 0 radical (unpaired) electrons. The van der Waals surface area contributed by atoms with Crippen molar-refractivity contribution < 1.29 is 18.0 Å². The molecule has 2 aromatic carbocycles. The summed E-state index contributed by atoms with van der Waals surface area (Å²) in [5.74, 6) is -0.0464. The molecule has 1 aliphatic rings. The van der Waals surface area contributed by atoms with Crippen LogP contribution in [-0.4, -0.2) is 51.8 Å². The van der Waals surface area contributed by atoms with Gasteiger partial charge in [0, 0.05) is 32.2 Å². The first kappa shape index (κ1) is 23.8. The Morgan fingerprint density at radius 3 is 2.38 bits per heavy atom. The Morgan fingerprint density at radius 2 is 1.75 bits per heavy atom. The van der Waals surface area contributed by atoms with Crippen LogP contribution in [0, 0.1) is 11.8 Å². The number of sulfonamides is 1. The minimum absolute atomic E-state index is 0.0124.